The van der Waals surface area contributed by atoms with Crippen molar-refractivity contribution in [3.8, 4) is 0 Å². The maximum Gasteiger partial charge on any atom is 0.243 e. The average molecular weight is 619 g/mol. The van der Waals surface area contributed by atoms with Crippen molar-refractivity contribution in [1.82, 2.24) is 40.3 Å². The number of hydrogen-bond acceptors (Lipinski definition) is 7. The topological polar surface area (TPSA) is 138 Å². The van der Waals surface area contributed by atoms with Crippen molar-refractivity contribution in [2.24, 2.45) is 5.92 Å². The number of benzene rings is 1. The summed E-state index contributed by atoms with van der Waals surface area (Å²) in [6, 6.07) is 6.73. The van der Waals surface area contributed by atoms with Gasteiger partial charge in [0.1, 0.15) is 17.7 Å². The van der Waals surface area contributed by atoms with Gasteiger partial charge >= 0.3 is 0 Å². The van der Waals surface area contributed by atoms with Gasteiger partial charge in [-0.25, -0.2) is 14.6 Å². The molecule has 2 atom stereocenters. The predicted octanol–water partition coefficient (Wildman–Crippen LogP) is 4.02. The van der Waals surface area contributed by atoms with Crippen LogP contribution in [0.3, 0.4) is 0 Å². The quantitative estimate of drug-likeness (QED) is 0.286. The number of rotatable bonds is 7. The van der Waals surface area contributed by atoms with Gasteiger partial charge in [0, 0.05) is 54.8 Å². The van der Waals surface area contributed by atoms with Crippen molar-refractivity contribution in [2.75, 3.05) is 13.1 Å². The summed E-state index contributed by atoms with van der Waals surface area (Å²) in [7, 11) is 0. The second kappa shape index (κ2) is 14.1. The van der Waals surface area contributed by atoms with Crippen LogP contribution in [-0.4, -0.2) is 66.5 Å². The molecule has 1 aliphatic rings. The molecule has 0 fully saturated rings. The van der Waals surface area contributed by atoms with E-state index in [0.29, 0.717) is 63.4 Å². The SMILES string of the molecule is Cc1nc2n(n1)CCN(C(=O)CCc1csc(C)n1)CCCC(=O)N[C@H](Cc1c[nH]c3ccccc13)C(=O)N[C@H]2CC(C)C. The van der Waals surface area contributed by atoms with E-state index in [-0.39, 0.29) is 30.1 Å². The first-order valence-corrected chi connectivity index (χ1v) is 16.3. The highest BCUT2D eigenvalue weighted by atomic mass is 32.1. The Bertz CT molecular complexity index is 1610. The first-order chi connectivity index (χ1) is 21.2. The van der Waals surface area contributed by atoms with Crippen molar-refractivity contribution in [3.05, 3.63) is 63.8 Å². The third-order valence-electron chi connectivity index (χ3n) is 7.92. The molecule has 3 amide bonds. The Morgan fingerprint density at radius 3 is 2.66 bits per heavy atom. The monoisotopic (exact) mass is 618 g/mol. The molecule has 11 nitrogen and oxygen atoms in total. The molecule has 0 spiro atoms. The number of carbonyl (C=O) groups is 3. The van der Waals surface area contributed by atoms with Crippen LogP contribution in [0.25, 0.3) is 10.9 Å². The molecule has 44 heavy (non-hydrogen) atoms. The summed E-state index contributed by atoms with van der Waals surface area (Å²) < 4.78 is 1.83. The highest BCUT2D eigenvalue weighted by Gasteiger charge is 2.29. The molecule has 0 saturated carbocycles. The molecule has 3 aromatic heterocycles. The Labute approximate surface area is 261 Å². The molecular formula is C32H42N8O3S. The van der Waals surface area contributed by atoms with Crippen LogP contribution < -0.4 is 10.6 Å². The number of carbonyl (C=O) groups excluding carboxylic acids is 3. The fourth-order valence-electron chi connectivity index (χ4n) is 5.79. The Morgan fingerprint density at radius 2 is 1.89 bits per heavy atom. The van der Waals surface area contributed by atoms with Gasteiger partial charge in [-0.05, 0) is 50.7 Å². The zero-order valence-corrected chi connectivity index (χ0v) is 26.7. The minimum absolute atomic E-state index is 0.0192. The molecule has 0 radical (unpaired) electrons. The molecule has 4 aromatic rings. The van der Waals surface area contributed by atoms with Gasteiger partial charge in [-0.15, -0.1) is 11.3 Å². The minimum Gasteiger partial charge on any atom is -0.361 e. The molecule has 0 bridgehead atoms. The molecule has 1 aromatic carbocycles. The van der Waals surface area contributed by atoms with Crippen LogP contribution in [0.1, 0.15) is 73.5 Å². The van der Waals surface area contributed by atoms with Crippen molar-refractivity contribution in [1.29, 1.82) is 0 Å². The number of nitrogens with zero attached hydrogens (tertiary/aromatic N) is 5. The molecule has 12 heteroatoms. The molecule has 0 unspecified atom stereocenters. The van der Waals surface area contributed by atoms with Crippen LogP contribution in [0.2, 0.25) is 0 Å². The van der Waals surface area contributed by atoms with E-state index in [1.54, 1.807) is 11.3 Å². The first-order valence-electron chi connectivity index (χ1n) is 15.4. The Hall–Kier alpha value is -4.06. The van der Waals surface area contributed by atoms with Gasteiger partial charge < -0.3 is 20.5 Å². The minimum atomic E-state index is -0.781. The number of aromatic nitrogens is 5. The zero-order valence-electron chi connectivity index (χ0n) is 25.9. The van der Waals surface area contributed by atoms with E-state index in [0.717, 1.165) is 27.2 Å². The second-order valence-corrected chi connectivity index (χ2v) is 13.0. The number of thiazole rings is 1. The first kappa shape index (κ1) is 31.4. The van der Waals surface area contributed by atoms with Crippen molar-refractivity contribution in [3.63, 3.8) is 0 Å². The summed E-state index contributed by atoms with van der Waals surface area (Å²) in [5.41, 5.74) is 2.85. The van der Waals surface area contributed by atoms with Gasteiger partial charge in [0.05, 0.1) is 23.3 Å². The Balaban J connectivity index is 1.41. The fraction of sp³-hybridized carbons (Fsp3) is 0.500. The molecule has 5 rings (SSSR count). The van der Waals surface area contributed by atoms with Gasteiger partial charge in [0.15, 0.2) is 0 Å². The third-order valence-corrected chi connectivity index (χ3v) is 8.74. The number of fused-ring (bicyclic) bond motifs is 2. The molecule has 4 heterocycles. The van der Waals surface area contributed by atoms with E-state index in [1.165, 1.54) is 0 Å². The standard InChI is InChI=1S/C32H42N8O3S/c1-20(2)16-27-31-34-21(3)38-40(31)15-14-39(30(42)12-11-24-19-44-22(4)35-24)13-7-10-29(41)36-28(32(43)37-27)17-23-18-33-26-9-6-5-8-25(23)26/h5-6,8-9,18-20,27-28,33H,7,10-17H2,1-4H3,(H,36,41)(H,37,43)/t27-,28+/m0/s1. The highest BCUT2D eigenvalue weighted by molar-refractivity contribution is 7.09. The summed E-state index contributed by atoms with van der Waals surface area (Å²) in [5.74, 6) is 1.07. The van der Waals surface area contributed by atoms with Crippen LogP contribution >= 0.6 is 11.3 Å². The van der Waals surface area contributed by atoms with E-state index >= 15 is 0 Å². The van der Waals surface area contributed by atoms with Gasteiger partial charge in [-0.1, -0.05) is 32.0 Å². The fourth-order valence-corrected chi connectivity index (χ4v) is 6.43. The van der Waals surface area contributed by atoms with Gasteiger partial charge in [-0.2, -0.15) is 5.10 Å². The lowest BCUT2D eigenvalue weighted by Crippen LogP contribution is -2.49. The van der Waals surface area contributed by atoms with Crippen LogP contribution in [0.4, 0.5) is 0 Å². The van der Waals surface area contributed by atoms with E-state index in [9.17, 15) is 14.4 Å². The van der Waals surface area contributed by atoms with Crippen LogP contribution in [0.15, 0.2) is 35.8 Å². The lowest BCUT2D eigenvalue weighted by atomic mass is 10.0. The summed E-state index contributed by atoms with van der Waals surface area (Å²) in [4.78, 5) is 54.8. The smallest absolute Gasteiger partial charge is 0.243 e. The van der Waals surface area contributed by atoms with E-state index in [1.807, 2.05) is 59.3 Å². The average Bonchev–Trinajstić information content (AvgIpc) is 3.70. The number of nitrogens with one attached hydrogen (secondary N) is 3. The second-order valence-electron chi connectivity index (χ2n) is 12.0. The lowest BCUT2D eigenvalue weighted by Gasteiger charge is -2.27. The van der Waals surface area contributed by atoms with Gasteiger partial charge in [0.25, 0.3) is 0 Å². The van der Waals surface area contributed by atoms with E-state index in [2.05, 4.69) is 39.5 Å². The third kappa shape index (κ3) is 7.90. The maximum absolute atomic E-state index is 13.9. The van der Waals surface area contributed by atoms with Crippen molar-refractivity contribution < 1.29 is 14.4 Å². The predicted molar refractivity (Wildman–Crippen MR) is 170 cm³/mol. The Morgan fingerprint density at radius 1 is 1.07 bits per heavy atom. The molecular weight excluding hydrogens is 576 g/mol. The Kier molecular flexibility index (Phi) is 10.1. The number of hydrogen-bond donors (Lipinski definition) is 3. The summed E-state index contributed by atoms with van der Waals surface area (Å²) in [5, 5.41) is 14.9. The van der Waals surface area contributed by atoms with E-state index < -0.39 is 12.1 Å². The van der Waals surface area contributed by atoms with E-state index in [4.69, 9.17) is 4.98 Å². The summed E-state index contributed by atoms with van der Waals surface area (Å²) >= 11 is 1.58. The van der Waals surface area contributed by atoms with Crippen LogP contribution in [-0.2, 0) is 33.8 Å². The summed E-state index contributed by atoms with van der Waals surface area (Å²) in [6.07, 6.45) is 4.49. The number of aryl methyl sites for hydroxylation is 3. The number of para-hydroxylation sites is 1. The van der Waals surface area contributed by atoms with Crippen LogP contribution in [0, 0.1) is 19.8 Å². The number of H-pyrrole nitrogens is 1. The summed E-state index contributed by atoms with van der Waals surface area (Å²) in [6.45, 7) is 9.28. The number of amides is 3. The van der Waals surface area contributed by atoms with Gasteiger partial charge in [-0.3, -0.25) is 14.4 Å². The molecule has 0 saturated heterocycles. The zero-order chi connectivity index (χ0) is 31.2. The van der Waals surface area contributed by atoms with Crippen LogP contribution in [0.5, 0.6) is 0 Å². The molecule has 234 valence electrons. The normalized spacial score (nSPS) is 18.6. The molecule has 0 aliphatic carbocycles. The largest absolute Gasteiger partial charge is 0.361 e. The highest BCUT2D eigenvalue weighted by Crippen LogP contribution is 2.23. The maximum atomic E-state index is 13.9. The lowest BCUT2D eigenvalue weighted by molar-refractivity contribution is -0.132. The van der Waals surface area contributed by atoms with Gasteiger partial charge in [0.2, 0.25) is 17.7 Å². The van der Waals surface area contributed by atoms with Crippen molar-refractivity contribution >= 4 is 40.0 Å². The molecule has 3 N–H and O–H groups in total. The molecule has 1 aliphatic heterocycles. The van der Waals surface area contributed by atoms with Crippen molar-refractivity contribution in [2.45, 2.75) is 84.8 Å². The number of aromatic amines is 1.